The van der Waals surface area contributed by atoms with Crippen LogP contribution in [0.1, 0.15) is 12.8 Å². The molecule has 1 N–H and O–H groups in total. The van der Waals surface area contributed by atoms with E-state index in [4.69, 9.17) is 0 Å². The van der Waals surface area contributed by atoms with Crippen LogP contribution in [-0.4, -0.2) is 35.4 Å². The molecule has 0 spiro atoms. The van der Waals surface area contributed by atoms with Crippen LogP contribution in [0.25, 0.3) is 0 Å². The van der Waals surface area contributed by atoms with E-state index < -0.39 is 0 Å². The van der Waals surface area contributed by atoms with Crippen LogP contribution >= 0.6 is 0 Å². The molecule has 0 unspecified atom stereocenters. The molecule has 1 aromatic heterocycles. The van der Waals surface area contributed by atoms with Crippen molar-refractivity contribution in [3.05, 3.63) is 24.5 Å². The Labute approximate surface area is 89.3 Å². The second kappa shape index (κ2) is 4.89. The number of Topliss-reactive ketones (excluding diaryl/α,β-unsaturated/α-hetero) is 1. The van der Waals surface area contributed by atoms with Gasteiger partial charge in [0.2, 0.25) is 0 Å². The highest BCUT2D eigenvalue weighted by atomic mass is 16.1. The Balaban J connectivity index is 1.77. The molecule has 2 heterocycles. The average Bonchev–Trinajstić information content (AvgIpc) is 2.30. The molecule has 0 aromatic carbocycles. The quantitative estimate of drug-likeness (QED) is 0.803. The zero-order valence-electron chi connectivity index (χ0n) is 8.65. The first-order valence-corrected chi connectivity index (χ1v) is 5.22. The second-order valence-electron chi connectivity index (χ2n) is 3.73. The predicted molar refractivity (Wildman–Crippen MR) is 58.5 cm³/mol. The Bertz CT molecular complexity index is 316. The Morgan fingerprint density at radius 1 is 1.27 bits per heavy atom. The number of hydrogen-bond donors (Lipinski definition) is 1. The highest BCUT2D eigenvalue weighted by molar-refractivity contribution is 5.79. The van der Waals surface area contributed by atoms with Gasteiger partial charge in [0.05, 0.1) is 6.67 Å². The van der Waals surface area contributed by atoms with Crippen LogP contribution in [0.3, 0.4) is 0 Å². The molecule has 15 heavy (non-hydrogen) atoms. The van der Waals surface area contributed by atoms with Crippen molar-refractivity contribution in [3.63, 3.8) is 0 Å². The number of hydrogen-bond acceptors (Lipinski definition) is 4. The van der Waals surface area contributed by atoms with Crippen molar-refractivity contribution in [1.29, 1.82) is 0 Å². The molecule has 0 amide bonds. The van der Waals surface area contributed by atoms with Gasteiger partial charge in [-0.2, -0.15) is 0 Å². The summed E-state index contributed by atoms with van der Waals surface area (Å²) in [6.45, 7) is 2.55. The number of carbonyl (C=O) groups excluding carboxylic acids is 1. The molecule has 1 aromatic rings. The van der Waals surface area contributed by atoms with Gasteiger partial charge < -0.3 is 5.32 Å². The van der Waals surface area contributed by atoms with Crippen molar-refractivity contribution in [2.75, 3.05) is 25.1 Å². The molecule has 1 saturated heterocycles. The third kappa shape index (κ3) is 3.02. The molecule has 0 aliphatic carbocycles. The number of carbonyl (C=O) groups is 1. The molecule has 4 nitrogen and oxygen atoms in total. The standard InChI is InChI=1S/C11H15N3O/c15-11-3-7-14(8-4-11)9-13-10-1-5-12-6-2-10/h1-2,5-6H,3-4,7-9H2,(H,12,13). The molecule has 0 atom stereocenters. The van der Waals surface area contributed by atoms with Crippen molar-refractivity contribution in [1.82, 2.24) is 9.88 Å². The van der Waals surface area contributed by atoms with Crippen LogP contribution in [0, 0.1) is 0 Å². The Kier molecular flexibility index (Phi) is 3.29. The van der Waals surface area contributed by atoms with E-state index in [9.17, 15) is 4.79 Å². The zero-order valence-corrected chi connectivity index (χ0v) is 8.65. The van der Waals surface area contributed by atoms with Crippen LogP contribution in [0.15, 0.2) is 24.5 Å². The number of aromatic nitrogens is 1. The van der Waals surface area contributed by atoms with Gasteiger partial charge in [0.15, 0.2) is 0 Å². The summed E-state index contributed by atoms with van der Waals surface area (Å²) in [7, 11) is 0. The highest BCUT2D eigenvalue weighted by Crippen LogP contribution is 2.07. The SMILES string of the molecule is O=C1CCN(CNc2ccncc2)CC1. The number of pyridine rings is 1. The van der Waals surface area contributed by atoms with Gasteiger partial charge >= 0.3 is 0 Å². The van der Waals surface area contributed by atoms with E-state index in [0.717, 1.165) is 25.4 Å². The van der Waals surface area contributed by atoms with Crippen molar-refractivity contribution in [2.24, 2.45) is 0 Å². The van der Waals surface area contributed by atoms with Crippen LogP contribution in [-0.2, 0) is 4.79 Å². The maximum absolute atomic E-state index is 11.0. The number of rotatable bonds is 3. The molecule has 1 aliphatic rings. The summed E-state index contributed by atoms with van der Waals surface area (Å²) in [6, 6.07) is 3.88. The minimum atomic E-state index is 0.384. The van der Waals surface area contributed by atoms with Gasteiger partial charge in [-0.25, -0.2) is 0 Å². The van der Waals surface area contributed by atoms with Crippen molar-refractivity contribution in [3.8, 4) is 0 Å². The van der Waals surface area contributed by atoms with Crippen molar-refractivity contribution >= 4 is 11.5 Å². The van der Waals surface area contributed by atoms with Crippen LogP contribution < -0.4 is 5.32 Å². The van der Waals surface area contributed by atoms with Crippen LogP contribution in [0.4, 0.5) is 5.69 Å². The Morgan fingerprint density at radius 2 is 1.93 bits per heavy atom. The van der Waals surface area contributed by atoms with E-state index in [1.807, 2.05) is 12.1 Å². The van der Waals surface area contributed by atoms with Crippen LogP contribution in [0.2, 0.25) is 0 Å². The van der Waals surface area contributed by atoms with E-state index in [1.54, 1.807) is 12.4 Å². The minimum Gasteiger partial charge on any atom is -0.372 e. The van der Waals surface area contributed by atoms with Crippen molar-refractivity contribution < 1.29 is 4.79 Å². The smallest absolute Gasteiger partial charge is 0.135 e. The monoisotopic (exact) mass is 205 g/mol. The number of piperidine rings is 1. The van der Waals surface area contributed by atoms with Gasteiger partial charge in [-0.3, -0.25) is 14.7 Å². The fourth-order valence-corrected chi connectivity index (χ4v) is 1.63. The van der Waals surface area contributed by atoms with E-state index >= 15 is 0 Å². The molecular weight excluding hydrogens is 190 g/mol. The number of nitrogens with zero attached hydrogens (tertiary/aromatic N) is 2. The van der Waals surface area contributed by atoms with Gasteiger partial charge in [0, 0.05) is 44.0 Å². The highest BCUT2D eigenvalue weighted by Gasteiger charge is 2.14. The van der Waals surface area contributed by atoms with Gasteiger partial charge in [-0.05, 0) is 12.1 Å². The first-order valence-electron chi connectivity index (χ1n) is 5.22. The summed E-state index contributed by atoms with van der Waals surface area (Å²) < 4.78 is 0. The fraction of sp³-hybridized carbons (Fsp3) is 0.455. The minimum absolute atomic E-state index is 0.384. The largest absolute Gasteiger partial charge is 0.372 e. The number of anilines is 1. The molecule has 4 heteroatoms. The third-order valence-corrected chi connectivity index (χ3v) is 2.60. The maximum atomic E-state index is 11.0. The summed E-state index contributed by atoms with van der Waals surface area (Å²) in [5, 5.41) is 3.30. The maximum Gasteiger partial charge on any atom is 0.135 e. The van der Waals surface area contributed by atoms with Gasteiger partial charge in [0.25, 0.3) is 0 Å². The molecule has 2 rings (SSSR count). The molecule has 0 radical (unpaired) electrons. The summed E-state index contributed by atoms with van der Waals surface area (Å²) in [4.78, 5) is 17.2. The lowest BCUT2D eigenvalue weighted by Gasteiger charge is -2.26. The lowest BCUT2D eigenvalue weighted by atomic mass is 10.1. The van der Waals surface area contributed by atoms with Gasteiger partial charge in [-0.1, -0.05) is 0 Å². The fourth-order valence-electron chi connectivity index (χ4n) is 1.63. The summed E-state index contributed by atoms with van der Waals surface area (Å²) in [5.74, 6) is 0.384. The second-order valence-corrected chi connectivity index (χ2v) is 3.73. The number of nitrogens with one attached hydrogen (secondary N) is 1. The first kappa shape index (κ1) is 10.1. The molecule has 1 aliphatic heterocycles. The lowest BCUT2D eigenvalue weighted by Crippen LogP contribution is -2.37. The molecule has 0 bridgehead atoms. The molecule has 0 saturated carbocycles. The predicted octanol–water partition coefficient (Wildman–Crippen LogP) is 1.12. The molecular formula is C11H15N3O. The third-order valence-electron chi connectivity index (χ3n) is 2.60. The number of ketones is 1. The normalized spacial score (nSPS) is 17.7. The van der Waals surface area contributed by atoms with Crippen LogP contribution in [0.5, 0.6) is 0 Å². The molecule has 80 valence electrons. The Hall–Kier alpha value is -1.42. The summed E-state index contributed by atoms with van der Waals surface area (Å²) >= 11 is 0. The zero-order chi connectivity index (χ0) is 10.5. The van der Waals surface area contributed by atoms with E-state index in [-0.39, 0.29) is 0 Å². The summed E-state index contributed by atoms with van der Waals surface area (Å²) in [6.07, 6.45) is 4.92. The molecule has 1 fully saturated rings. The number of likely N-dealkylation sites (tertiary alicyclic amines) is 1. The topological polar surface area (TPSA) is 45.2 Å². The van der Waals surface area contributed by atoms with Gasteiger partial charge in [-0.15, -0.1) is 0 Å². The first-order chi connectivity index (χ1) is 7.34. The Morgan fingerprint density at radius 3 is 2.60 bits per heavy atom. The van der Waals surface area contributed by atoms with Crippen molar-refractivity contribution in [2.45, 2.75) is 12.8 Å². The van der Waals surface area contributed by atoms with Gasteiger partial charge in [0.1, 0.15) is 5.78 Å². The van der Waals surface area contributed by atoms with E-state index in [2.05, 4.69) is 15.2 Å². The summed E-state index contributed by atoms with van der Waals surface area (Å²) in [5.41, 5.74) is 1.07. The van der Waals surface area contributed by atoms with E-state index in [1.165, 1.54) is 0 Å². The lowest BCUT2D eigenvalue weighted by molar-refractivity contribution is -0.121. The van der Waals surface area contributed by atoms with E-state index in [0.29, 0.717) is 18.6 Å². The average molecular weight is 205 g/mol.